The van der Waals surface area contributed by atoms with E-state index in [0.29, 0.717) is 0 Å². The summed E-state index contributed by atoms with van der Waals surface area (Å²) < 4.78 is 64.0. The molecule has 0 heterocycles. The summed E-state index contributed by atoms with van der Waals surface area (Å²) in [5.41, 5.74) is 4.70. The van der Waals surface area contributed by atoms with Crippen LogP contribution in [0.2, 0.25) is 0 Å². The summed E-state index contributed by atoms with van der Waals surface area (Å²) in [5.74, 6) is -0.215. The van der Waals surface area contributed by atoms with Gasteiger partial charge < -0.3 is 10.5 Å². The molecule has 1 aromatic rings. The van der Waals surface area contributed by atoms with Crippen LogP contribution < -0.4 is 10.5 Å². The largest absolute Gasteiger partial charge is 0.435 e. The third-order valence-electron chi connectivity index (χ3n) is 1.82. The van der Waals surface area contributed by atoms with Gasteiger partial charge in [0.15, 0.2) is 0 Å². The molecule has 16 heavy (non-hydrogen) atoms. The Bertz CT molecular complexity index is 335. The zero-order valence-corrected chi connectivity index (χ0v) is 7.84. The molecule has 0 saturated heterocycles. The summed E-state index contributed by atoms with van der Waals surface area (Å²) in [6.07, 6.45) is -4.56. The molecule has 0 fully saturated rings. The minimum absolute atomic E-state index is 0.214. The Kier molecular flexibility index (Phi) is 3.69. The van der Waals surface area contributed by atoms with Gasteiger partial charge in [0.25, 0.3) is 0 Å². The molecule has 0 radical (unpaired) electrons. The second-order valence-corrected chi connectivity index (χ2v) is 2.97. The molecule has 0 saturated carbocycles. The summed E-state index contributed by atoms with van der Waals surface area (Å²) in [6, 6.07) is 1.87. The summed E-state index contributed by atoms with van der Waals surface area (Å²) >= 11 is 0. The van der Waals surface area contributed by atoms with Crippen molar-refractivity contribution in [1.82, 2.24) is 0 Å². The molecule has 0 unspecified atom stereocenters. The van der Waals surface area contributed by atoms with Gasteiger partial charge in [0.2, 0.25) is 0 Å². The molecule has 0 spiro atoms. The van der Waals surface area contributed by atoms with Crippen molar-refractivity contribution in [3.63, 3.8) is 0 Å². The van der Waals surface area contributed by atoms with E-state index in [4.69, 9.17) is 5.73 Å². The lowest BCUT2D eigenvalue weighted by molar-refractivity contribution is -0.149. The van der Waals surface area contributed by atoms with Crippen molar-refractivity contribution in [2.75, 3.05) is 0 Å². The van der Waals surface area contributed by atoms with Crippen molar-refractivity contribution >= 4 is 0 Å². The summed E-state index contributed by atoms with van der Waals surface area (Å²) in [6.45, 7) is -3.01. The van der Waals surface area contributed by atoms with E-state index in [1.54, 1.807) is 0 Å². The van der Waals surface area contributed by atoms with Gasteiger partial charge in [0, 0.05) is 0 Å². The Morgan fingerprint density at radius 1 is 1.06 bits per heavy atom. The van der Waals surface area contributed by atoms with E-state index in [2.05, 4.69) is 4.74 Å². The first-order valence-corrected chi connectivity index (χ1v) is 4.18. The molecular weight excluding hydrogens is 233 g/mol. The molecule has 2 N–H and O–H groups in total. The molecule has 0 aliphatic rings. The van der Waals surface area contributed by atoms with Crippen LogP contribution in [0.25, 0.3) is 0 Å². The minimum Gasteiger partial charge on any atom is -0.435 e. The summed E-state index contributed by atoms with van der Waals surface area (Å²) in [4.78, 5) is 0. The van der Waals surface area contributed by atoms with Crippen molar-refractivity contribution in [3.8, 4) is 5.75 Å². The lowest BCUT2D eigenvalue weighted by Crippen LogP contribution is -2.28. The molecule has 1 atom stereocenters. The highest BCUT2D eigenvalue weighted by Gasteiger charge is 2.37. The van der Waals surface area contributed by atoms with Crippen LogP contribution in [-0.2, 0) is 0 Å². The normalized spacial score (nSPS) is 13.9. The second kappa shape index (κ2) is 4.65. The number of benzene rings is 1. The molecule has 0 aromatic heterocycles. The lowest BCUT2D eigenvalue weighted by atomic mass is 10.1. The van der Waals surface area contributed by atoms with Gasteiger partial charge in [0.1, 0.15) is 11.8 Å². The van der Waals surface area contributed by atoms with Gasteiger partial charge in [-0.3, -0.25) is 0 Å². The van der Waals surface area contributed by atoms with E-state index in [1.807, 2.05) is 0 Å². The molecular formula is C9H8F5NO. The SMILES string of the molecule is N[C@@H](c1ccc(OC(F)F)cc1)C(F)(F)F. The number of hydrogen-bond acceptors (Lipinski definition) is 2. The zero-order chi connectivity index (χ0) is 12.3. The molecule has 1 aromatic carbocycles. The maximum absolute atomic E-state index is 12.2. The number of rotatable bonds is 3. The fraction of sp³-hybridized carbons (Fsp3) is 0.333. The number of nitrogens with two attached hydrogens (primary N) is 1. The predicted octanol–water partition coefficient (Wildman–Crippen LogP) is 2.85. The van der Waals surface area contributed by atoms with Crippen LogP contribution in [0.5, 0.6) is 5.75 Å². The van der Waals surface area contributed by atoms with Crippen molar-refractivity contribution in [3.05, 3.63) is 29.8 Å². The molecule has 0 aliphatic carbocycles. The quantitative estimate of drug-likeness (QED) is 0.826. The third kappa shape index (κ3) is 3.34. The van der Waals surface area contributed by atoms with Gasteiger partial charge in [-0.1, -0.05) is 12.1 Å². The fourth-order valence-corrected chi connectivity index (χ4v) is 1.05. The Morgan fingerprint density at radius 2 is 1.56 bits per heavy atom. The molecule has 7 heteroatoms. The topological polar surface area (TPSA) is 35.2 Å². The summed E-state index contributed by atoms with van der Waals surface area (Å²) in [5, 5.41) is 0. The molecule has 0 amide bonds. The first kappa shape index (κ1) is 12.7. The van der Waals surface area contributed by atoms with Gasteiger partial charge >= 0.3 is 12.8 Å². The standard InChI is InChI=1S/C9H8F5NO/c10-8(11)16-6-3-1-5(2-4-6)7(15)9(12,13)14/h1-4,7-8H,15H2/t7-/m0/s1. The Labute approximate surface area is 87.8 Å². The number of alkyl halides is 5. The Hall–Kier alpha value is -1.37. The minimum atomic E-state index is -4.56. The van der Waals surface area contributed by atoms with Crippen LogP contribution in [0.3, 0.4) is 0 Å². The van der Waals surface area contributed by atoms with E-state index in [0.717, 1.165) is 24.3 Å². The summed E-state index contributed by atoms with van der Waals surface area (Å²) in [7, 11) is 0. The monoisotopic (exact) mass is 241 g/mol. The molecule has 0 aliphatic heterocycles. The highest BCUT2D eigenvalue weighted by Crippen LogP contribution is 2.31. The molecule has 0 bridgehead atoms. The first-order chi connectivity index (χ1) is 7.30. The number of hydrogen-bond donors (Lipinski definition) is 1. The Balaban J connectivity index is 2.79. The number of halogens is 5. The molecule has 1 rings (SSSR count). The van der Waals surface area contributed by atoms with Crippen molar-refractivity contribution in [2.24, 2.45) is 5.73 Å². The van der Waals surface area contributed by atoms with Crippen molar-refractivity contribution < 1.29 is 26.7 Å². The third-order valence-corrected chi connectivity index (χ3v) is 1.82. The van der Waals surface area contributed by atoms with Gasteiger partial charge in [-0.05, 0) is 17.7 Å². The van der Waals surface area contributed by atoms with Crippen LogP contribution in [0.1, 0.15) is 11.6 Å². The van der Waals surface area contributed by atoms with E-state index < -0.39 is 18.8 Å². The van der Waals surface area contributed by atoms with Gasteiger partial charge in [-0.2, -0.15) is 22.0 Å². The molecule has 90 valence electrons. The van der Waals surface area contributed by atoms with Crippen LogP contribution in [0, 0.1) is 0 Å². The van der Waals surface area contributed by atoms with Crippen molar-refractivity contribution in [2.45, 2.75) is 18.8 Å². The zero-order valence-electron chi connectivity index (χ0n) is 7.84. The van der Waals surface area contributed by atoms with Crippen LogP contribution in [-0.4, -0.2) is 12.8 Å². The van der Waals surface area contributed by atoms with E-state index in [1.165, 1.54) is 0 Å². The van der Waals surface area contributed by atoms with Gasteiger partial charge in [0.05, 0.1) is 0 Å². The average Bonchev–Trinajstić information content (AvgIpc) is 2.15. The lowest BCUT2D eigenvalue weighted by Gasteiger charge is -2.16. The van der Waals surface area contributed by atoms with E-state index in [9.17, 15) is 22.0 Å². The first-order valence-electron chi connectivity index (χ1n) is 4.18. The van der Waals surface area contributed by atoms with Gasteiger partial charge in [-0.25, -0.2) is 0 Å². The fourth-order valence-electron chi connectivity index (χ4n) is 1.05. The van der Waals surface area contributed by atoms with Crippen molar-refractivity contribution in [1.29, 1.82) is 0 Å². The second-order valence-electron chi connectivity index (χ2n) is 2.97. The smallest absolute Gasteiger partial charge is 0.407 e. The maximum atomic E-state index is 12.2. The maximum Gasteiger partial charge on any atom is 0.407 e. The van der Waals surface area contributed by atoms with Crippen LogP contribution in [0.15, 0.2) is 24.3 Å². The van der Waals surface area contributed by atoms with E-state index in [-0.39, 0.29) is 11.3 Å². The highest BCUT2D eigenvalue weighted by atomic mass is 19.4. The van der Waals surface area contributed by atoms with Crippen LogP contribution in [0.4, 0.5) is 22.0 Å². The Morgan fingerprint density at radius 3 is 1.94 bits per heavy atom. The average molecular weight is 241 g/mol. The van der Waals surface area contributed by atoms with E-state index >= 15 is 0 Å². The number of ether oxygens (including phenoxy) is 1. The molecule has 2 nitrogen and oxygen atoms in total. The highest BCUT2D eigenvalue weighted by molar-refractivity contribution is 5.29. The van der Waals surface area contributed by atoms with Gasteiger partial charge in [-0.15, -0.1) is 0 Å². The van der Waals surface area contributed by atoms with Crippen LogP contribution >= 0.6 is 0 Å². The predicted molar refractivity (Wildman–Crippen MR) is 46.1 cm³/mol.